The van der Waals surface area contributed by atoms with Gasteiger partial charge in [0.1, 0.15) is 11.3 Å². The lowest BCUT2D eigenvalue weighted by atomic mass is 10.0. The minimum absolute atomic E-state index is 0.0305. The van der Waals surface area contributed by atoms with E-state index in [2.05, 4.69) is 23.2 Å². The Kier molecular flexibility index (Phi) is 5.24. The summed E-state index contributed by atoms with van der Waals surface area (Å²) in [5, 5.41) is 4.03. The number of amides is 1. The zero-order valence-corrected chi connectivity index (χ0v) is 16.6. The highest BCUT2D eigenvalue weighted by Crippen LogP contribution is 2.28. The third-order valence-electron chi connectivity index (χ3n) is 5.57. The normalized spacial score (nSPS) is 16.4. The molecule has 148 valence electrons. The topological polar surface area (TPSA) is 67.9 Å². The van der Waals surface area contributed by atoms with Crippen molar-refractivity contribution >= 4 is 16.9 Å². The number of nitrogens with zero attached hydrogens (tertiary/aromatic N) is 1. The Bertz CT molecular complexity index is 968. The van der Waals surface area contributed by atoms with Crippen molar-refractivity contribution in [3.8, 4) is 0 Å². The van der Waals surface area contributed by atoms with Crippen LogP contribution in [-0.2, 0) is 4.74 Å². The molecule has 1 fully saturated rings. The van der Waals surface area contributed by atoms with E-state index < -0.39 is 0 Å². The average molecular weight is 382 g/mol. The molecule has 4 rings (SSSR count). The molecular formula is C22H26N2O4. The minimum Gasteiger partial charge on any atom is -0.468 e. The molecule has 0 radical (unpaired) electrons. The second kappa shape index (κ2) is 7.81. The van der Waals surface area contributed by atoms with Crippen LogP contribution in [0.3, 0.4) is 0 Å². The van der Waals surface area contributed by atoms with E-state index in [1.807, 2.05) is 32.0 Å². The van der Waals surface area contributed by atoms with Gasteiger partial charge in [0.05, 0.1) is 25.5 Å². The first-order chi connectivity index (χ1) is 13.5. The first-order valence-corrected chi connectivity index (χ1v) is 9.68. The quantitative estimate of drug-likeness (QED) is 0.728. The van der Waals surface area contributed by atoms with E-state index >= 15 is 0 Å². The van der Waals surface area contributed by atoms with Crippen LogP contribution in [0.15, 0.2) is 39.4 Å². The van der Waals surface area contributed by atoms with Crippen LogP contribution in [0.5, 0.6) is 0 Å². The van der Waals surface area contributed by atoms with Crippen molar-refractivity contribution in [1.82, 2.24) is 10.2 Å². The number of benzene rings is 1. The van der Waals surface area contributed by atoms with Crippen molar-refractivity contribution in [1.29, 1.82) is 0 Å². The fraction of sp³-hybridized carbons (Fsp3) is 0.409. The number of morpholine rings is 1. The van der Waals surface area contributed by atoms with Crippen LogP contribution in [0.25, 0.3) is 11.0 Å². The highest BCUT2D eigenvalue weighted by Gasteiger charge is 2.26. The van der Waals surface area contributed by atoms with Crippen molar-refractivity contribution < 1.29 is 18.4 Å². The summed E-state index contributed by atoms with van der Waals surface area (Å²) in [6.07, 6.45) is 1.67. The monoisotopic (exact) mass is 382 g/mol. The second-order valence-corrected chi connectivity index (χ2v) is 7.38. The van der Waals surface area contributed by atoms with Gasteiger partial charge in [0.15, 0.2) is 5.76 Å². The number of carbonyl (C=O) groups is 1. The molecule has 28 heavy (non-hydrogen) atoms. The lowest BCUT2D eigenvalue weighted by Crippen LogP contribution is -2.43. The number of carbonyl (C=O) groups excluding carboxylic acids is 1. The molecule has 6 heteroatoms. The Morgan fingerprint density at radius 3 is 2.64 bits per heavy atom. The molecule has 0 aliphatic carbocycles. The number of aryl methyl sites for hydroxylation is 3. The summed E-state index contributed by atoms with van der Waals surface area (Å²) in [6.45, 7) is 9.48. The van der Waals surface area contributed by atoms with Crippen LogP contribution < -0.4 is 5.32 Å². The van der Waals surface area contributed by atoms with Crippen LogP contribution in [0.4, 0.5) is 0 Å². The van der Waals surface area contributed by atoms with Crippen molar-refractivity contribution in [2.24, 2.45) is 0 Å². The molecule has 1 aliphatic heterocycles. The number of nitrogens with one attached hydrogen (secondary N) is 1. The maximum atomic E-state index is 12.9. The molecule has 3 aromatic rings. The number of hydrogen-bond acceptors (Lipinski definition) is 5. The molecule has 1 unspecified atom stereocenters. The standard InChI is InChI=1S/C22H26N2O4/c1-14-11-17-16(3)21(28-20(17)12-15(14)2)22(25)23-13-18(19-5-4-8-27-19)24-6-9-26-10-7-24/h4-5,8,11-12,18H,6-7,9-10,13H2,1-3H3,(H,23,25). The van der Waals surface area contributed by atoms with Gasteiger partial charge >= 0.3 is 0 Å². The molecule has 1 aromatic carbocycles. The predicted molar refractivity (Wildman–Crippen MR) is 107 cm³/mol. The van der Waals surface area contributed by atoms with Crippen LogP contribution >= 0.6 is 0 Å². The van der Waals surface area contributed by atoms with Gasteiger partial charge in [-0.15, -0.1) is 0 Å². The highest BCUT2D eigenvalue weighted by molar-refractivity contribution is 5.99. The highest BCUT2D eigenvalue weighted by atomic mass is 16.5. The zero-order valence-electron chi connectivity index (χ0n) is 16.6. The summed E-state index contributed by atoms with van der Waals surface area (Å²) in [5.74, 6) is 1.02. The predicted octanol–water partition coefficient (Wildman–Crippen LogP) is 3.75. The molecule has 1 atom stereocenters. The molecule has 1 saturated heterocycles. The molecule has 0 bridgehead atoms. The number of fused-ring (bicyclic) bond motifs is 1. The van der Waals surface area contributed by atoms with E-state index in [1.165, 1.54) is 5.56 Å². The lowest BCUT2D eigenvalue weighted by Gasteiger charge is -2.33. The Hall–Kier alpha value is -2.57. The molecule has 0 saturated carbocycles. The van der Waals surface area contributed by atoms with E-state index in [-0.39, 0.29) is 11.9 Å². The van der Waals surface area contributed by atoms with Crippen molar-refractivity contribution in [3.63, 3.8) is 0 Å². The van der Waals surface area contributed by atoms with E-state index in [0.717, 1.165) is 40.9 Å². The smallest absolute Gasteiger partial charge is 0.287 e. The maximum Gasteiger partial charge on any atom is 0.287 e. The number of hydrogen-bond donors (Lipinski definition) is 1. The van der Waals surface area contributed by atoms with Gasteiger partial charge < -0.3 is 18.9 Å². The van der Waals surface area contributed by atoms with Gasteiger partial charge in [-0.05, 0) is 56.2 Å². The van der Waals surface area contributed by atoms with Gasteiger partial charge in [-0.2, -0.15) is 0 Å². The lowest BCUT2D eigenvalue weighted by molar-refractivity contribution is 0.0117. The first kappa shape index (κ1) is 18.8. The Balaban J connectivity index is 1.53. The molecule has 6 nitrogen and oxygen atoms in total. The number of rotatable bonds is 5. The molecule has 3 heterocycles. The van der Waals surface area contributed by atoms with Gasteiger partial charge in [0.25, 0.3) is 5.91 Å². The summed E-state index contributed by atoms with van der Waals surface area (Å²) in [4.78, 5) is 15.2. The van der Waals surface area contributed by atoms with Crippen molar-refractivity contribution in [2.75, 3.05) is 32.8 Å². The third kappa shape index (κ3) is 3.57. The minimum atomic E-state index is -0.200. The van der Waals surface area contributed by atoms with E-state index in [0.29, 0.717) is 25.5 Å². The Labute approximate surface area is 164 Å². The van der Waals surface area contributed by atoms with Crippen molar-refractivity contribution in [3.05, 3.63) is 58.7 Å². The van der Waals surface area contributed by atoms with Gasteiger partial charge in [0.2, 0.25) is 0 Å². The average Bonchev–Trinajstić information content (AvgIpc) is 3.33. The fourth-order valence-electron chi connectivity index (χ4n) is 3.74. The summed E-state index contributed by atoms with van der Waals surface area (Å²) >= 11 is 0. The van der Waals surface area contributed by atoms with Crippen LogP contribution in [0.2, 0.25) is 0 Å². The molecule has 1 N–H and O–H groups in total. The number of furan rings is 2. The van der Waals surface area contributed by atoms with Gasteiger partial charge in [-0.25, -0.2) is 0 Å². The third-order valence-corrected chi connectivity index (χ3v) is 5.57. The molecule has 1 aliphatic rings. The second-order valence-electron chi connectivity index (χ2n) is 7.38. The fourth-order valence-corrected chi connectivity index (χ4v) is 3.74. The van der Waals surface area contributed by atoms with Crippen molar-refractivity contribution in [2.45, 2.75) is 26.8 Å². The van der Waals surface area contributed by atoms with E-state index in [9.17, 15) is 4.79 Å². The Morgan fingerprint density at radius 2 is 1.93 bits per heavy atom. The van der Waals surface area contributed by atoms with Crippen LogP contribution in [-0.4, -0.2) is 43.7 Å². The Morgan fingerprint density at radius 1 is 1.18 bits per heavy atom. The van der Waals surface area contributed by atoms with Crippen LogP contribution in [0.1, 0.15) is 39.0 Å². The van der Waals surface area contributed by atoms with Gasteiger partial charge in [-0.1, -0.05) is 0 Å². The zero-order chi connectivity index (χ0) is 19.7. The first-order valence-electron chi connectivity index (χ1n) is 9.68. The molecular weight excluding hydrogens is 356 g/mol. The molecule has 2 aromatic heterocycles. The SMILES string of the molecule is Cc1cc2oc(C(=O)NCC(c3ccco3)N3CCOCC3)c(C)c2cc1C. The summed E-state index contributed by atoms with van der Waals surface area (Å²) in [6, 6.07) is 7.87. The van der Waals surface area contributed by atoms with E-state index in [4.69, 9.17) is 13.6 Å². The number of ether oxygens (including phenoxy) is 1. The van der Waals surface area contributed by atoms with Gasteiger partial charge in [0, 0.05) is 30.6 Å². The summed E-state index contributed by atoms with van der Waals surface area (Å²) < 4.78 is 17.0. The molecule has 0 spiro atoms. The summed E-state index contributed by atoms with van der Waals surface area (Å²) in [7, 11) is 0. The van der Waals surface area contributed by atoms with E-state index in [1.54, 1.807) is 6.26 Å². The largest absolute Gasteiger partial charge is 0.468 e. The van der Waals surface area contributed by atoms with Gasteiger partial charge in [-0.3, -0.25) is 9.69 Å². The molecule has 1 amide bonds. The van der Waals surface area contributed by atoms with Crippen LogP contribution in [0, 0.1) is 20.8 Å². The summed E-state index contributed by atoms with van der Waals surface area (Å²) in [5.41, 5.74) is 3.96. The maximum absolute atomic E-state index is 12.9.